The number of benzene rings is 3. The van der Waals surface area contributed by atoms with Crippen LogP contribution in [-0.2, 0) is 15.0 Å². The average Bonchev–Trinajstić information content (AvgIpc) is 3.35. The first-order valence-electron chi connectivity index (χ1n) is 9.43. The lowest BCUT2D eigenvalue weighted by atomic mass is 9.79. The van der Waals surface area contributed by atoms with Crippen molar-refractivity contribution in [2.45, 2.75) is 18.3 Å². The zero-order valence-corrected chi connectivity index (χ0v) is 17.0. The fourth-order valence-corrected chi connectivity index (χ4v) is 5.17. The highest BCUT2D eigenvalue weighted by Crippen LogP contribution is 2.72. The van der Waals surface area contributed by atoms with Gasteiger partial charge >= 0.3 is 0 Å². The maximum Gasteiger partial charge on any atom is 0.241 e. The lowest BCUT2D eigenvalue weighted by Gasteiger charge is -2.23. The molecule has 1 atom stereocenters. The van der Waals surface area contributed by atoms with Crippen LogP contribution in [0, 0.1) is 5.41 Å². The van der Waals surface area contributed by atoms with Crippen LogP contribution in [0.5, 0.6) is 0 Å². The highest BCUT2D eigenvalue weighted by Gasteiger charge is 2.77. The fraction of sp³-hybridized carbons (Fsp3) is 0.167. The maximum atomic E-state index is 13.7. The van der Waals surface area contributed by atoms with Gasteiger partial charge in [-0.1, -0.05) is 83.9 Å². The molecule has 1 aliphatic heterocycles. The van der Waals surface area contributed by atoms with Gasteiger partial charge in [-0.05, 0) is 35.7 Å². The molecule has 0 bridgehead atoms. The highest BCUT2D eigenvalue weighted by atomic mass is 35.5. The van der Waals surface area contributed by atoms with E-state index >= 15 is 0 Å². The van der Waals surface area contributed by atoms with Crippen LogP contribution in [0.4, 0.5) is 5.69 Å². The van der Waals surface area contributed by atoms with Crippen molar-refractivity contribution in [3.8, 4) is 0 Å². The first-order chi connectivity index (χ1) is 14.0. The van der Waals surface area contributed by atoms with E-state index in [0.717, 1.165) is 11.1 Å². The molecule has 1 aliphatic carbocycles. The number of carbonyl (C=O) groups is 2. The van der Waals surface area contributed by atoms with Crippen LogP contribution >= 0.6 is 23.2 Å². The van der Waals surface area contributed by atoms with Crippen LogP contribution in [0.25, 0.3) is 0 Å². The monoisotopic (exact) mass is 421 g/mol. The van der Waals surface area contributed by atoms with E-state index < -0.39 is 10.8 Å². The lowest BCUT2D eigenvalue weighted by molar-refractivity contribution is -0.123. The second kappa shape index (κ2) is 6.45. The minimum absolute atomic E-state index is 0.173. The molecule has 1 saturated carbocycles. The largest absolute Gasteiger partial charge is 0.274 e. The van der Waals surface area contributed by atoms with Crippen LogP contribution in [-0.4, -0.2) is 11.8 Å². The molecule has 2 fully saturated rings. The van der Waals surface area contributed by atoms with Gasteiger partial charge < -0.3 is 0 Å². The molecule has 29 heavy (non-hydrogen) atoms. The van der Waals surface area contributed by atoms with Gasteiger partial charge in [-0.15, -0.1) is 0 Å². The summed E-state index contributed by atoms with van der Waals surface area (Å²) >= 11 is 12.2. The summed E-state index contributed by atoms with van der Waals surface area (Å²) in [4.78, 5) is 28.0. The van der Waals surface area contributed by atoms with Gasteiger partial charge in [-0.2, -0.15) is 0 Å². The second-order valence-corrected chi connectivity index (χ2v) is 8.52. The number of anilines is 1. The van der Waals surface area contributed by atoms with Crippen LogP contribution in [0.2, 0.25) is 10.0 Å². The number of rotatable bonds is 3. The van der Waals surface area contributed by atoms with Crippen molar-refractivity contribution in [2.24, 2.45) is 5.41 Å². The van der Waals surface area contributed by atoms with Crippen molar-refractivity contribution in [1.29, 1.82) is 0 Å². The van der Waals surface area contributed by atoms with E-state index in [9.17, 15) is 9.59 Å². The molecule has 3 nitrogen and oxygen atoms in total. The first-order valence-corrected chi connectivity index (χ1v) is 10.2. The number of hydrogen-bond donors (Lipinski definition) is 0. The Hall–Kier alpha value is -2.62. The van der Waals surface area contributed by atoms with Gasteiger partial charge in [0.05, 0.1) is 21.1 Å². The lowest BCUT2D eigenvalue weighted by Crippen LogP contribution is -2.33. The summed E-state index contributed by atoms with van der Waals surface area (Å²) in [5.41, 5.74) is 1.30. The van der Waals surface area contributed by atoms with Crippen LogP contribution in [0.3, 0.4) is 0 Å². The Balaban J connectivity index is 1.63. The SMILES string of the molecule is O=C1C[C@]2(CC2(c2ccccc2)c2ccccc2)C(=O)N1c1ccc(Cl)c(Cl)c1. The molecule has 3 aromatic rings. The van der Waals surface area contributed by atoms with E-state index in [2.05, 4.69) is 0 Å². The molecular formula is C24H17Cl2NO2. The van der Waals surface area contributed by atoms with E-state index in [1.54, 1.807) is 18.2 Å². The van der Waals surface area contributed by atoms with E-state index in [4.69, 9.17) is 23.2 Å². The Labute approximate surface area is 178 Å². The zero-order chi connectivity index (χ0) is 20.2. The summed E-state index contributed by atoms with van der Waals surface area (Å²) in [7, 11) is 0. The van der Waals surface area contributed by atoms with E-state index in [1.165, 1.54) is 4.90 Å². The standard InChI is InChI=1S/C24H17Cl2NO2/c25-19-12-11-18(13-20(19)26)27-21(28)14-23(22(27)29)15-24(23,16-7-3-1-4-8-16)17-9-5-2-6-10-17/h1-13H,14-15H2/t23-/m0/s1. The van der Waals surface area contributed by atoms with Gasteiger partial charge in [0, 0.05) is 11.8 Å². The van der Waals surface area contributed by atoms with Crippen LogP contribution in [0.15, 0.2) is 78.9 Å². The third kappa shape index (κ3) is 2.51. The van der Waals surface area contributed by atoms with Crippen molar-refractivity contribution in [1.82, 2.24) is 0 Å². The molecule has 1 heterocycles. The molecule has 1 saturated heterocycles. The van der Waals surface area contributed by atoms with Gasteiger partial charge in [-0.25, -0.2) is 4.90 Å². The summed E-state index contributed by atoms with van der Waals surface area (Å²) < 4.78 is 0. The molecule has 3 aromatic carbocycles. The highest BCUT2D eigenvalue weighted by molar-refractivity contribution is 6.42. The Morgan fingerprint density at radius 3 is 1.90 bits per heavy atom. The molecule has 1 spiro atoms. The molecule has 144 valence electrons. The summed E-state index contributed by atoms with van der Waals surface area (Å²) in [6, 6.07) is 24.8. The van der Waals surface area contributed by atoms with Gasteiger partial charge in [-0.3, -0.25) is 9.59 Å². The third-order valence-corrected chi connectivity index (χ3v) is 7.01. The van der Waals surface area contributed by atoms with E-state index in [1.807, 2.05) is 60.7 Å². The quantitative estimate of drug-likeness (QED) is 0.513. The van der Waals surface area contributed by atoms with Gasteiger partial charge in [0.25, 0.3) is 0 Å². The molecule has 0 radical (unpaired) electrons. The summed E-state index contributed by atoms with van der Waals surface area (Å²) in [6.45, 7) is 0. The summed E-state index contributed by atoms with van der Waals surface area (Å²) in [5, 5.41) is 0.706. The molecule has 2 aliphatic rings. The molecular weight excluding hydrogens is 405 g/mol. The number of amides is 2. The molecule has 0 aromatic heterocycles. The number of carbonyl (C=O) groups excluding carboxylic acids is 2. The predicted molar refractivity (Wildman–Crippen MR) is 114 cm³/mol. The molecule has 0 unspecified atom stereocenters. The van der Waals surface area contributed by atoms with Crippen LogP contribution in [0.1, 0.15) is 24.0 Å². The molecule has 2 amide bonds. The summed E-state index contributed by atoms with van der Waals surface area (Å²) in [5.74, 6) is -0.379. The van der Waals surface area contributed by atoms with Gasteiger partial charge in [0.2, 0.25) is 11.8 Å². The number of hydrogen-bond acceptors (Lipinski definition) is 2. The van der Waals surface area contributed by atoms with Crippen molar-refractivity contribution in [2.75, 3.05) is 4.90 Å². The Bertz CT molecular complexity index is 1090. The van der Waals surface area contributed by atoms with Crippen LogP contribution < -0.4 is 4.90 Å². The minimum atomic E-state index is -0.779. The normalized spacial score (nSPS) is 22.3. The van der Waals surface area contributed by atoms with Gasteiger partial charge in [0.1, 0.15) is 0 Å². The predicted octanol–water partition coefficient (Wildman–Crippen LogP) is 5.63. The van der Waals surface area contributed by atoms with Crippen molar-refractivity contribution in [3.63, 3.8) is 0 Å². The first kappa shape index (κ1) is 18.4. The fourth-order valence-electron chi connectivity index (χ4n) is 4.87. The molecule has 5 rings (SSSR count). The molecule has 5 heteroatoms. The Kier molecular flexibility index (Phi) is 4.09. The minimum Gasteiger partial charge on any atom is -0.274 e. The topological polar surface area (TPSA) is 37.4 Å². The van der Waals surface area contributed by atoms with E-state index in [-0.39, 0.29) is 18.2 Å². The van der Waals surface area contributed by atoms with Crippen molar-refractivity contribution >= 4 is 40.7 Å². The second-order valence-electron chi connectivity index (χ2n) is 7.71. The number of nitrogens with zero attached hydrogens (tertiary/aromatic N) is 1. The van der Waals surface area contributed by atoms with Crippen molar-refractivity contribution < 1.29 is 9.59 Å². The zero-order valence-electron chi connectivity index (χ0n) is 15.4. The third-order valence-electron chi connectivity index (χ3n) is 6.27. The Morgan fingerprint density at radius 2 is 1.34 bits per heavy atom. The van der Waals surface area contributed by atoms with Crippen molar-refractivity contribution in [3.05, 3.63) is 100 Å². The summed E-state index contributed by atoms with van der Waals surface area (Å²) in [6.07, 6.45) is 0.784. The molecule has 0 N–H and O–H groups in total. The number of halogens is 2. The Morgan fingerprint density at radius 1 is 0.759 bits per heavy atom. The number of imide groups is 1. The maximum absolute atomic E-state index is 13.7. The van der Waals surface area contributed by atoms with E-state index in [0.29, 0.717) is 22.2 Å². The van der Waals surface area contributed by atoms with Gasteiger partial charge in [0.15, 0.2) is 0 Å². The average molecular weight is 422 g/mol. The smallest absolute Gasteiger partial charge is 0.241 e.